The molecule has 0 spiro atoms. The number of anilines is 1. The summed E-state index contributed by atoms with van der Waals surface area (Å²) < 4.78 is 5.74. The van der Waals surface area contributed by atoms with Gasteiger partial charge in [-0.25, -0.2) is 0 Å². The Morgan fingerprint density at radius 2 is 2.32 bits per heavy atom. The van der Waals surface area contributed by atoms with Crippen molar-refractivity contribution < 1.29 is 4.74 Å². The molecule has 1 fully saturated rings. The maximum absolute atomic E-state index is 6.09. The third-order valence-corrected chi connectivity index (χ3v) is 3.86. The molecule has 1 aliphatic rings. The standard InChI is InChI=1S/C15H23ClN2O/c1-2-18(11-14-4-3-9-19-14)15-6-5-13(16)10-12(15)7-8-17/h5-6,10,14H,2-4,7-9,11,17H2,1H3. The zero-order valence-corrected chi connectivity index (χ0v) is 12.3. The first kappa shape index (κ1) is 14.6. The number of halogens is 1. The number of ether oxygens (including phenoxy) is 1. The van der Waals surface area contributed by atoms with Gasteiger partial charge in [0.15, 0.2) is 0 Å². The number of nitrogens with two attached hydrogens (primary N) is 1. The van der Waals surface area contributed by atoms with E-state index in [-0.39, 0.29) is 0 Å². The lowest BCUT2D eigenvalue weighted by Crippen LogP contribution is -2.32. The molecule has 106 valence electrons. The van der Waals surface area contributed by atoms with Gasteiger partial charge in [0.1, 0.15) is 0 Å². The third-order valence-electron chi connectivity index (χ3n) is 3.63. The Hall–Kier alpha value is -0.770. The molecule has 0 aliphatic carbocycles. The highest BCUT2D eigenvalue weighted by Crippen LogP contribution is 2.26. The highest BCUT2D eigenvalue weighted by atomic mass is 35.5. The van der Waals surface area contributed by atoms with E-state index in [1.54, 1.807) is 0 Å². The summed E-state index contributed by atoms with van der Waals surface area (Å²) in [6, 6.07) is 6.09. The smallest absolute Gasteiger partial charge is 0.0750 e. The van der Waals surface area contributed by atoms with Crippen LogP contribution in [0.2, 0.25) is 5.02 Å². The molecule has 0 saturated carbocycles. The summed E-state index contributed by atoms with van der Waals surface area (Å²) in [7, 11) is 0. The lowest BCUT2D eigenvalue weighted by Gasteiger charge is -2.28. The van der Waals surface area contributed by atoms with Gasteiger partial charge in [-0.15, -0.1) is 0 Å². The summed E-state index contributed by atoms with van der Waals surface area (Å²) in [6.45, 7) is 5.65. The van der Waals surface area contributed by atoms with Crippen LogP contribution in [0.4, 0.5) is 5.69 Å². The second kappa shape index (κ2) is 7.13. The average molecular weight is 283 g/mol. The van der Waals surface area contributed by atoms with Gasteiger partial charge in [-0.3, -0.25) is 0 Å². The average Bonchev–Trinajstić information content (AvgIpc) is 2.90. The Bertz CT molecular complexity index is 405. The molecule has 4 heteroatoms. The van der Waals surface area contributed by atoms with Gasteiger partial charge in [0.05, 0.1) is 6.10 Å². The topological polar surface area (TPSA) is 38.5 Å². The highest BCUT2D eigenvalue weighted by molar-refractivity contribution is 6.30. The van der Waals surface area contributed by atoms with Crippen molar-refractivity contribution in [3.8, 4) is 0 Å². The molecule has 1 aromatic rings. The number of hydrogen-bond donors (Lipinski definition) is 1. The molecule has 1 unspecified atom stereocenters. The van der Waals surface area contributed by atoms with Gasteiger partial charge in [0.25, 0.3) is 0 Å². The minimum absolute atomic E-state index is 0.362. The van der Waals surface area contributed by atoms with Crippen molar-refractivity contribution in [2.45, 2.75) is 32.3 Å². The van der Waals surface area contributed by atoms with Crippen LogP contribution < -0.4 is 10.6 Å². The molecule has 0 bridgehead atoms. The van der Waals surface area contributed by atoms with Crippen molar-refractivity contribution in [1.29, 1.82) is 0 Å². The molecular formula is C15H23ClN2O. The van der Waals surface area contributed by atoms with Crippen LogP contribution in [0.5, 0.6) is 0 Å². The van der Waals surface area contributed by atoms with E-state index >= 15 is 0 Å². The zero-order valence-electron chi connectivity index (χ0n) is 11.6. The fraction of sp³-hybridized carbons (Fsp3) is 0.600. The van der Waals surface area contributed by atoms with Gasteiger partial charge in [0.2, 0.25) is 0 Å². The Morgan fingerprint density at radius 1 is 1.47 bits per heavy atom. The first-order valence-electron chi connectivity index (χ1n) is 7.09. The Balaban J connectivity index is 2.16. The lowest BCUT2D eigenvalue weighted by atomic mass is 10.1. The van der Waals surface area contributed by atoms with Gasteiger partial charge in [0, 0.05) is 30.4 Å². The largest absolute Gasteiger partial charge is 0.376 e. The number of rotatable bonds is 6. The van der Waals surface area contributed by atoms with Crippen LogP contribution in [0.3, 0.4) is 0 Å². The monoisotopic (exact) mass is 282 g/mol. The Labute approximate surface area is 120 Å². The van der Waals surface area contributed by atoms with Crippen molar-refractivity contribution in [2.24, 2.45) is 5.73 Å². The summed E-state index contributed by atoms with van der Waals surface area (Å²) in [5.41, 5.74) is 8.17. The molecular weight excluding hydrogens is 260 g/mol. The van der Waals surface area contributed by atoms with Crippen LogP contribution in [0, 0.1) is 0 Å². The molecule has 1 heterocycles. The van der Waals surface area contributed by atoms with Crippen LogP contribution in [-0.2, 0) is 11.2 Å². The SMILES string of the molecule is CCN(CC1CCCO1)c1ccc(Cl)cc1CCN. The predicted molar refractivity (Wildman–Crippen MR) is 81.1 cm³/mol. The second-order valence-electron chi connectivity index (χ2n) is 4.99. The molecule has 0 radical (unpaired) electrons. The van der Waals surface area contributed by atoms with Crippen LogP contribution in [0.25, 0.3) is 0 Å². The quantitative estimate of drug-likeness (QED) is 0.872. The Morgan fingerprint density at radius 3 is 2.95 bits per heavy atom. The van der Waals surface area contributed by atoms with Crippen molar-refractivity contribution in [3.63, 3.8) is 0 Å². The summed E-state index contributed by atoms with van der Waals surface area (Å²) in [5.74, 6) is 0. The lowest BCUT2D eigenvalue weighted by molar-refractivity contribution is 0.115. The Kier molecular flexibility index (Phi) is 5.49. The number of hydrogen-bond acceptors (Lipinski definition) is 3. The van der Waals surface area contributed by atoms with E-state index < -0.39 is 0 Å². The molecule has 1 aromatic carbocycles. The van der Waals surface area contributed by atoms with E-state index in [0.29, 0.717) is 12.6 Å². The number of benzene rings is 1. The maximum Gasteiger partial charge on any atom is 0.0750 e. The number of likely N-dealkylation sites (N-methyl/N-ethyl adjacent to an activating group) is 1. The molecule has 19 heavy (non-hydrogen) atoms. The maximum atomic E-state index is 6.09. The fourth-order valence-corrected chi connectivity index (χ4v) is 2.84. The summed E-state index contributed by atoms with van der Waals surface area (Å²) in [6.07, 6.45) is 3.56. The van der Waals surface area contributed by atoms with E-state index in [1.165, 1.54) is 17.7 Å². The van der Waals surface area contributed by atoms with Crippen molar-refractivity contribution >= 4 is 17.3 Å². The minimum Gasteiger partial charge on any atom is -0.376 e. The van der Waals surface area contributed by atoms with Crippen LogP contribution in [0.1, 0.15) is 25.3 Å². The van der Waals surface area contributed by atoms with Crippen LogP contribution in [-0.4, -0.2) is 32.3 Å². The van der Waals surface area contributed by atoms with Gasteiger partial charge < -0.3 is 15.4 Å². The molecule has 2 rings (SSSR count). The van der Waals surface area contributed by atoms with Crippen LogP contribution >= 0.6 is 11.6 Å². The van der Waals surface area contributed by atoms with E-state index in [9.17, 15) is 0 Å². The highest BCUT2D eigenvalue weighted by Gasteiger charge is 2.20. The van der Waals surface area contributed by atoms with Crippen molar-refractivity contribution in [3.05, 3.63) is 28.8 Å². The first-order chi connectivity index (χ1) is 9.24. The van der Waals surface area contributed by atoms with E-state index in [0.717, 1.165) is 37.6 Å². The molecule has 0 aromatic heterocycles. The minimum atomic E-state index is 0.362. The molecule has 1 saturated heterocycles. The summed E-state index contributed by atoms with van der Waals surface area (Å²) in [5, 5.41) is 0.778. The van der Waals surface area contributed by atoms with Gasteiger partial charge in [-0.2, -0.15) is 0 Å². The number of nitrogens with zero attached hydrogens (tertiary/aromatic N) is 1. The molecule has 1 aliphatic heterocycles. The predicted octanol–water partition coefficient (Wildman–Crippen LogP) is 2.85. The first-order valence-corrected chi connectivity index (χ1v) is 7.47. The van der Waals surface area contributed by atoms with Gasteiger partial charge in [-0.1, -0.05) is 11.6 Å². The zero-order chi connectivity index (χ0) is 13.7. The van der Waals surface area contributed by atoms with E-state index in [2.05, 4.69) is 17.9 Å². The molecule has 2 N–H and O–H groups in total. The fourth-order valence-electron chi connectivity index (χ4n) is 2.65. The third kappa shape index (κ3) is 3.85. The normalized spacial score (nSPS) is 18.8. The van der Waals surface area contributed by atoms with Gasteiger partial charge in [-0.05, 0) is 56.5 Å². The van der Waals surface area contributed by atoms with E-state index in [1.807, 2.05) is 12.1 Å². The summed E-state index contributed by atoms with van der Waals surface area (Å²) in [4.78, 5) is 2.37. The summed E-state index contributed by atoms with van der Waals surface area (Å²) >= 11 is 6.09. The molecule has 1 atom stereocenters. The van der Waals surface area contributed by atoms with Gasteiger partial charge >= 0.3 is 0 Å². The van der Waals surface area contributed by atoms with E-state index in [4.69, 9.17) is 22.1 Å². The van der Waals surface area contributed by atoms with Crippen molar-refractivity contribution in [1.82, 2.24) is 0 Å². The molecule has 3 nitrogen and oxygen atoms in total. The molecule has 0 amide bonds. The van der Waals surface area contributed by atoms with Crippen molar-refractivity contribution in [2.75, 3.05) is 31.1 Å². The second-order valence-corrected chi connectivity index (χ2v) is 5.42. The van der Waals surface area contributed by atoms with Crippen LogP contribution in [0.15, 0.2) is 18.2 Å².